The first-order chi connectivity index (χ1) is 6.15. The molecule has 2 N–H and O–H groups in total. The number of hydrogen-bond acceptors (Lipinski definition) is 3. The lowest BCUT2D eigenvalue weighted by Gasteiger charge is -2.40. The fraction of sp³-hybridized carbons (Fsp3) is 0.889. The van der Waals surface area contributed by atoms with Crippen LogP contribution in [0.4, 0.5) is 0 Å². The van der Waals surface area contributed by atoms with E-state index in [-0.39, 0.29) is 18.4 Å². The van der Waals surface area contributed by atoms with Gasteiger partial charge in [0.1, 0.15) is 0 Å². The van der Waals surface area contributed by atoms with Crippen LogP contribution in [0.3, 0.4) is 0 Å². The second-order valence-electron chi connectivity index (χ2n) is 3.77. The summed E-state index contributed by atoms with van der Waals surface area (Å²) in [5.41, 5.74) is 0. The molecule has 1 aliphatic heterocycles. The van der Waals surface area contributed by atoms with Crippen LogP contribution in [0.2, 0.25) is 0 Å². The molecule has 4 heteroatoms. The van der Waals surface area contributed by atoms with E-state index in [0.29, 0.717) is 12.6 Å². The summed E-state index contributed by atoms with van der Waals surface area (Å²) >= 11 is 0. The summed E-state index contributed by atoms with van der Waals surface area (Å²) < 4.78 is 0. The second-order valence-corrected chi connectivity index (χ2v) is 3.77. The van der Waals surface area contributed by atoms with E-state index in [1.54, 1.807) is 0 Å². The molecule has 13 heavy (non-hydrogen) atoms. The minimum absolute atomic E-state index is 0.0961. The zero-order chi connectivity index (χ0) is 9.84. The minimum atomic E-state index is 0.0961. The van der Waals surface area contributed by atoms with Crippen molar-refractivity contribution in [3.63, 3.8) is 0 Å². The molecule has 0 bridgehead atoms. The molecule has 0 saturated carbocycles. The number of aliphatic hydroxyl groups excluding tert-OH is 1. The lowest BCUT2D eigenvalue weighted by Crippen LogP contribution is -2.60. The van der Waals surface area contributed by atoms with E-state index in [2.05, 4.69) is 5.32 Å². The molecule has 1 heterocycles. The molecule has 1 saturated heterocycles. The van der Waals surface area contributed by atoms with Gasteiger partial charge in [-0.05, 0) is 0 Å². The molecule has 1 amide bonds. The summed E-state index contributed by atoms with van der Waals surface area (Å²) in [5.74, 6) is 0.320. The Labute approximate surface area is 78.9 Å². The van der Waals surface area contributed by atoms with Gasteiger partial charge in [-0.15, -0.1) is 0 Å². The molecule has 0 radical (unpaired) electrons. The van der Waals surface area contributed by atoms with Crippen LogP contribution in [-0.2, 0) is 4.79 Å². The molecule has 0 unspecified atom stereocenters. The molecule has 1 rings (SSSR count). The minimum Gasteiger partial charge on any atom is -0.395 e. The lowest BCUT2D eigenvalue weighted by atomic mass is 10.1. The van der Waals surface area contributed by atoms with Gasteiger partial charge in [-0.2, -0.15) is 0 Å². The van der Waals surface area contributed by atoms with Gasteiger partial charge in [0.05, 0.1) is 6.61 Å². The van der Waals surface area contributed by atoms with E-state index < -0.39 is 0 Å². The Morgan fingerprint density at radius 3 is 2.69 bits per heavy atom. The van der Waals surface area contributed by atoms with Crippen LogP contribution >= 0.6 is 0 Å². The average molecular weight is 186 g/mol. The summed E-state index contributed by atoms with van der Waals surface area (Å²) in [4.78, 5) is 13.2. The Morgan fingerprint density at radius 1 is 1.62 bits per heavy atom. The molecule has 0 atom stereocenters. The second kappa shape index (κ2) is 4.58. The zero-order valence-corrected chi connectivity index (χ0v) is 8.29. The number of amides is 1. The van der Waals surface area contributed by atoms with Crippen molar-refractivity contribution in [3.05, 3.63) is 0 Å². The fourth-order valence-electron chi connectivity index (χ4n) is 1.42. The monoisotopic (exact) mass is 186 g/mol. The molecule has 0 aromatic rings. The summed E-state index contributed by atoms with van der Waals surface area (Å²) in [6.45, 7) is 6.19. The Balaban J connectivity index is 2.14. The van der Waals surface area contributed by atoms with Crippen LogP contribution in [0.5, 0.6) is 0 Å². The van der Waals surface area contributed by atoms with Gasteiger partial charge in [-0.25, -0.2) is 0 Å². The number of hydrogen-bond donors (Lipinski definition) is 2. The van der Waals surface area contributed by atoms with Gasteiger partial charge in [0, 0.05) is 31.6 Å². The third-order valence-electron chi connectivity index (χ3n) is 2.23. The first-order valence-electron chi connectivity index (χ1n) is 4.78. The van der Waals surface area contributed by atoms with Crippen molar-refractivity contribution >= 4 is 5.91 Å². The summed E-state index contributed by atoms with van der Waals surface area (Å²) in [6, 6.07) is 0.384. The normalized spacial score (nSPS) is 17.7. The van der Waals surface area contributed by atoms with E-state index in [1.165, 1.54) is 0 Å². The Kier molecular flexibility index (Phi) is 3.69. The molecule has 0 aliphatic carbocycles. The Bertz CT molecular complexity index is 176. The maximum Gasteiger partial charge on any atom is 0.225 e. The van der Waals surface area contributed by atoms with Gasteiger partial charge in [-0.3, -0.25) is 4.79 Å². The first kappa shape index (κ1) is 10.5. The Hall–Kier alpha value is -0.610. The quantitative estimate of drug-likeness (QED) is 0.618. The summed E-state index contributed by atoms with van der Waals surface area (Å²) in [6.07, 6.45) is 0. The third kappa shape index (κ3) is 2.67. The molecular weight excluding hydrogens is 168 g/mol. The van der Waals surface area contributed by atoms with Crippen molar-refractivity contribution in [3.8, 4) is 0 Å². The highest BCUT2D eigenvalue weighted by molar-refractivity contribution is 5.79. The van der Waals surface area contributed by atoms with Gasteiger partial charge in [0.25, 0.3) is 0 Å². The average Bonchev–Trinajstić information content (AvgIpc) is 2.01. The number of nitrogens with one attached hydrogen (secondary N) is 1. The standard InChI is InChI=1S/C9H18N2O2/c1-7(2)9(13)11-5-8(6-11)10-3-4-12/h7-8,10,12H,3-6H2,1-2H3. The van der Waals surface area contributed by atoms with Crippen molar-refractivity contribution in [1.82, 2.24) is 10.2 Å². The lowest BCUT2D eigenvalue weighted by molar-refractivity contribution is -0.139. The first-order valence-corrected chi connectivity index (χ1v) is 4.78. The van der Waals surface area contributed by atoms with Crippen LogP contribution in [0.25, 0.3) is 0 Å². The number of likely N-dealkylation sites (tertiary alicyclic amines) is 1. The molecule has 0 aromatic heterocycles. The van der Waals surface area contributed by atoms with Gasteiger partial charge in [0.15, 0.2) is 0 Å². The van der Waals surface area contributed by atoms with Crippen LogP contribution in [0, 0.1) is 5.92 Å². The van der Waals surface area contributed by atoms with Crippen LogP contribution in [0.1, 0.15) is 13.8 Å². The van der Waals surface area contributed by atoms with Crippen LogP contribution in [-0.4, -0.2) is 48.2 Å². The molecule has 76 valence electrons. The number of aliphatic hydroxyl groups is 1. The van der Waals surface area contributed by atoms with Crippen LogP contribution in [0.15, 0.2) is 0 Å². The number of carbonyl (C=O) groups excluding carboxylic acids is 1. The molecule has 0 aromatic carbocycles. The van der Waals surface area contributed by atoms with E-state index in [9.17, 15) is 4.79 Å². The van der Waals surface area contributed by atoms with Crippen molar-refractivity contribution in [2.45, 2.75) is 19.9 Å². The molecular formula is C9H18N2O2. The maximum atomic E-state index is 11.4. The van der Waals surface area contributed by atoms with E-state index in [1.807, 2.05) is 18.7 Å². The largest absolute Gasteiger partial charge is 0.395 e. The zero-order valence-electron chi connectivity index (χ0n) is 8.29. The SMILES string of the molecule is CC(C)C(=O)N1CC(NCCO)C1. The van der Waals surface area contributed by atoms with E-state index >= 15 is 0 Å². The topological polar surface area (TPSA) is 52.6 Å². The van der Waals surface area contributed by atoms with Crippen molar-refractivity contribution < 1.29 is 9.90 Å². The van der Waals surface area contributed by atoms with Crippen LogP contribution < -0.4 is 5.32 Å². The molecule has 4 nitrogen and oxygen atoms in total. The van der Waals surface area contributed by atoms with Gasteiger partial charge >= 0.3 is 0 Å². The highest BCUT2D eigenvalue weighted by atomic mass is 16.3. The summed E-state index contributed by atoms with van der Waals surface area (Å²) in [5, 5.41) is 11.7. The predicted octanol–water partition coefficient (Wildman–Crippen LogP) is -0.565. The molecule has 0 spiro atoms. The van der Waals surface area contributed by atoms with E-state index in [4.69, 9.17) is 5.11 Å². The van der Waals surface area contributed by atoms with Crippen molar-refractivity contribution in [2.24, 2.45) is 5.92 Å². The Morgan fingerprint density at radius 2 is 2.23 bits per heavy atom. The molecule has 1 fully saturated rings. The number of nitrogens with zero attached hydrogens (tertiary/aromatic N) is 1. The predicted molar refractivity (Wildman–Crippen MR) is 50.3 cm³/mol. The van der Waals surface area contributed by atoms with Crippen molar-refractivity contribution in [2.75, 3.05) is 26.2 Å². The molecule has 1 aliphatic rings. The van der Waals surface area contributed by atoms with Gasteiger partial charge in [-0.1, -0.05) is 13.8 Å². The highest BCUT2D eigenvalue weighted by Gasteiger charge is 2.30. The smallest absolute Gasteiger partial charge is 0.225 e. The fourth-order valence-corrected chi connectivity index (χ4v) is 1.42. The van der Waals surface area contributed by atoms with Gasteiger partial charge in [0.2, 0.25) is 5.91 Å². The third-order valence-corrected chi connectivity index (χ3v) is 2.23. The van der Waals surface area contributed by atoms with Crippen molar-refractivity contribution in [1.29, 1.82) is 0 Å². The number of carbonyl (C=O) groups is 1. The van der Waals surface area contributed by atoms with Gasteiger partial charge < -0.3 is 15.3 Å². The maximum absolute atomic E-state index is 11.4. The number of rotatable bonds is 4. The summed E-state index contributed by atoms with van der Waals surface area (Å²) in [7, 11) is 0. The highest BCUT2D eigenvalue weighted by Crippen LogP contribution is 2.11. The van der Waals surface area contributed by atoms with E-state index in [0.717, 1.165) is 13.1 Å².